The van der Waals surface area contributed by atoms with Gasteiger partial charge in [0.15, 0.2) is 5.06 Å². The molecule has 4 nitrogen and oxygen atoms in total. The average molecular weight is 461 g/mol. The van der Waals surface area contributed by atoms with E-state index in [2.05, 4.69) is 61.1 Å². The first-order valence-corrected chi connectivity index (χ1v) is 11.5. The van der Waals surface area contributed by atoms with Crippen molar-refractivity contribution in [2.45, 2.75) is 31.2 Å². The maximum Gasteiger partial charge on any atom is 0.163 e. The van der Waals surface area contributed by atoms with Crippen LogP contribution in [-0.4, -0.2) is 37.7 Å². The van der Waals surface area contributed by atoms with Crippen molar-refractivity contribution in [3.8, 4) is 18.1 Å². The van der Waals surface area contributed by atoms with Crippen LogP contribution in [0.4, 0.5) is 5.69 Å². The van der Waals surface area contributed by atoms with Crippen molar-refractivity contribution in [2.24, 2.45) is 4.99 Å². The summed E-state index contributed by atoms with van der Waals surface area (Å²) < 4.78 is 11.1. The highest BCUT2D eigenvalue weighted by atomic mass is 35.5. The Hall–Kier alpha value is -3.00. The Labute approximate surface area is 201 Å². The fourth-order valence-electron chi connectivity index (χ4n) is 4.05. The highest BCUT2D eigenvalue weighted by Crippen LogP contribution is 2.34. The number of hydrogen-bond acceptors (Lipinski definition) is 4. The van der Waals surface area contributed by atoms with Gasteiger partial charge in [0.1, 0.15) is 19.0 Å². The lowest BCUT2D eigenvalue weighted by molar-refractivity contribution is 0.106. The van der Waals surface area contributed by atoms with Gasteiger partial charge in [-0.1, -0.05) is 67.8 Å². The smallest absolute Gasteiger partial charge is 0.163 e. The van der Waals surface area contributed by atoms with Crippen molar-refractivity contribution < 1.29 is 9.47 Å². The highest BCUT2D eigenvalue weighted by Gasteiger charge is 2.27. The van der Waals surface area contributed by atoms with Gasteiger partial charge in [-0.15, -0.1) is 6.42 Å². The van der Waals surface area contributed by atoms with Crippen molar-refractivity contribution in [3.63, 3.8) is 0 Å². The summed E-state index contributed by atoms with van der Waals surface area (Å²) in [5.74, 6) is 3.76. The monoisotopic (exact) mass is 460 g/mol. The molecule has 0 spiro atoms. The van der Waals surface area contributed by atoms with Crippen molar-refractivity contribution in [3.05, 3.63) is 83.0 Å². The largest absolute Gasteiger partial charge is 0.481 e. The van der Waals surface area contributed by atoms with Crippen LogP contribution in [0.2, 0.25) is 0 Å². The van der Waals surface area contributed by atoms with E-state index in [0.29, 0.717) is 19.0 Å². The molecule has 1 heterocycles. The highest BCUT2D eigenvalue weighted by molar-refractivity contribution is 6.24. The first-order valence-electron chi connectivity index (χ1n) is 11.1. The molecule has 1 aliphatic heterocycles. The van der Waals surface area contributed by atoms with E-state index in [4.69, 9.17) is 32.5 Å². The second-order valence-electron chi connectivity index (χ2n) is 8.60. The zero-order valence-corrected chi connectivity index (χ0v) is 20.1. The summed E-state index contributed by atoms with van der Waals surface area (Å²) in [6.45, 7) is 5.93. The lowest BCUT2D eigenvalue weighted by atomic mass is 9.95. The lowest BCUT2D eigenvalue weighted by Crippen LogP contribution is -2.32. The van der Waals surface area contributed by atoms with Crippen LogP contribution in [0.15, 0.2) is 71.3 Å². The van der Waals surface area contributed by atoms with Crippen molar-refractivity contribution in [1.82, 2.24) is 0 Å². The molecule has 0 saturated heterocycles. The first kappa shape index (κ1) is 23.2. The van der Waals surface area contributed by atoms with Gasteiger partial charge in [-0.3, -0.25) is 4.99 Å². The van der Waals surface area contributed by atoms with Gasteiger partial charge < -0.3 is 14.4 Å². The summed E-state index contributed by atoms with van der Waals surface area (Å²) in [6.07, 6.45) is 12.1. The Balaban J connectivity index is 1.65. The van der Waals surface area contributed by atoms with E-state index in [1.807, 2.05) is 24.3 Å². The number of methoxy groups -OCH3 is 1. The van der Waals surface area contributed by atoms with Gasteiger partial charge in [-0.25, -0.2) is 0 Å². The Morgan fingerprint density at radius 1 is 1.21 bits per heavy atom. The number of anilines is 1. The fraction of sp³-hybridized carbons (Fsp3) is 0.321. The Morgan fingerprint density at radius 3 is 2.64 bits per heavy atom. The average Bonchev–Trinajstić information content (AvgIpc) is 2.84. The minimum atomic E-state index is -0.750. The predicted molar refractivity (Wildman–Crippen MR) is 137 cm³/mol. The molecule has 170 valence electrons. The van der Waals surface area contributed by atoms with Crippen LogP contribution in [0.3, 0.4) is 0 Å². The molecular weight excluding hydrogens is 432 g/mol. The summed E-state index contributed by atoms with van der Waals surface area (Å²) in [7, 11) is 1.63. The molecule has 0 amide bonds. The van der Waals surface area contributed by atoms with Gasteiger partial charge in [-0.2, -0.15) is 0 Å². The normalized spacial score (nSPS) is 19.6. The molecule has 1 unspecified atom stereocenters. The minimum Gasteiger partial charge on any atom is -0.481 e. The lowest BCUT2D eigenvalue weighted by Gasteiger charge is -2.32. The molecule has 0 fully saturated rings. The summed E-state index contributed by atoms with van der Waals surface area (Å²) in [5.41, 5.74) is 6.71. The third-order valence-corrected chi connectivity index (χ3v) is 6.47. The molecule has 0 bridgehead atoms. The zero-order chi connectivity index (χ0) is 23.4. The quantitative estimate of drug-likeness (QED) is 0.380. The Kier molecular flexibility index (Phi) is 6.93. The zero-order valence-electron chi connectivity index (χ0n) is 19.3. The molecule has 0 radical (unpaired) electrons. The molecule has 0 saturated carbocycles. The second kappa shape index (κ2) is 9.87. The molecule has 2 aliphatic rings. The molecule has 2 aromatic rings. The van der Waals surface area contributed by atoms with Crippen LogP contribution >= 0.6 is 11.6 Å². The third kappa shape index (κ3) is 5.16. The van der Waals surface area contributed by atoms with E-state index in [9.17, 15) is 0 Å². The topological polar surface area (TPSA) is 34.1 Å². The van der Waals surface area contributed by atoms with Crippen LogP contribution in [0, 0.1) is 12.3 Å². The Bertz CT molecular complexity index is 1140. The number of ether oxygens (including phenoxy) is 2. The molecule has 33 heavy (non-hydrogen) atoms. The molecule has 0 aromatic heterocycles. The SMILES string of the molecule is C#CCOc1ccc2c(c1)C(c1ccc(C(C)C)cc1)=NCN2CC1=CCC(Cl)(OC)C=C1. The standard InChI is InChI=1S/C28H29ClN2O2/c1-5-16-33-24-10-11-26-25(17-24)27(23-8-6-22(7-9-23)20(2)3)30-19-31(26)18-21-12-14-28(29,32-4)15-13-21/h1,6-14,17,20H,15-16,18-19H2,2-4H3. The molecule has 0 N–H and O–H groups in total. The number of benzene rings is 2. The van der Waals surface area contributed by atoms with E-state index in [1.165, 1.54) is 11.1 Å². The maximum atomic E-state index is 6.41. The van der Waals surface area contributed by atoms with Crippen LogP contribution in [0.1, 0.15) is 42.9 Å². The van der Waals surface area contributed by atoms with Gasteiger partial charge in [-0.05, 0) is 41.3 Å². The van der Waals surface area contributed by atoms with E-state index in [1.54, 1.807) is 7.11 Å². The van der Waals surface area contributed by atoms with Crippen molar-refractivity contribution in [1.29, 1.82) is 0 Å². The number of rotatable bonds is 7. The van der Waals surface area contributed by atoms with Gasteiger partial charge in [0.2, 0.25) is 0 Å². The van der Waals surface area contributed by atoms with Crippen LogP contribution in [0.5, 0.6) is 5.75 Å². The summed E-state index contributed by atoms with van der Waals surface area (Å²) in [4.78, 5) is 7.23. The molecule has 2 aromatic carbocycles. The fourth-order valence-corrected chi connectivity index (χ4v) is 4.19. The Morgan fingerprint density at radius 2 is 2.00 bits per heavy atom. The number of fused-ring (bicyclic) bond motifs is 1. The molecule has 1 aliphatic carbocycles. The van der Waals surface area contributed by atoms with E-state index < -0.39 is 5.06 Å². The predicted octanol–water partition coefficient (Wildman–Crippen LogP) is 5.90. The summed E-state index contributed by atoms with van der Waals surface area (Å²) in [5, 5.41) is -0.750. The van der Waals surface area contributed by atoms with Crippen molar-refractivity contribution in [2.75, 3.05) is 31.8 Å². The molecule has 1 atom stereocenters. The van der Waals surface area contributed by atoms with Crippen molar-refractivity contribution >= 4 is 23.0 Å². The van der Waals surface area contributed by atoms with Gasteiger partial charge in [0, 0.05) is 36.9 Å². The van der Waals surface area contributed by atoms with Crippen LogP contribution in [0.25, 0.3) is 0 Å². The van der Waals surface area contributed by atoms with Gasteiger partial charge in [0.05, 0.1) is 5.71 Å². The van der Waals surface area contributed by atoms with E-state index in [-0.39, 0.29) is 6.61 Å². The van der Waals surface area contributed by atoms with Gasteiger partial charge >= 0.3 is 0 Å². The van der Waals surface area contributed by atoms with Crippen LogP contribution in [-0.2, 0) is 4.74 Å². The summed E-state index contributed by atoms with van der Waals surface area (Å²) >= 11 is 6.41. The van der Waals surface area contributed by atoms with Crippen LogP contribution < -0.4 is 9.64 Å². The number of halogens is 1. The summed E-state index contributed by atoms with van der Waals surface area (Å²) in [6, 6.07) is 14.8. The number of hydrogen-bond donors (Lipinski definition) is 0. The van der Waals surface area contributed by atoms with E-state index >= 15 is 0 Å². The number of nitrogens with zero attached hydrogens (tertiary/aromatic N) is 2. The number of terminal acetylenes is 1. The van der Waals surface area contributed by atoms with Gasteiger partial charge in [0.25, 0.3) is 0 Å². The number of aliphatic imine (C=N–C) groups is 1. The number of alkyl halides is 1. The second-order valence-corrected chi connectivity index (χ2v) is 9.24. The molecule has 4 rings (SSSR count). The van der Waals surface area contributed by atoms with E-state index in [0.717, 1.165) is 34.8 Å². The minimum absolute atomic E-state index is 0.232. The maximum absolute atomic E-state index is 6.41. The first-order chi connectivity index (χ1) is 15.9. The molecule has 5 heteroatoms. The third-order valence-electron chi connectivity index (χ3n) is 6.04. The molecular formula is C28H29ClN2O2.